The van der Waals surface area contributed by atoms with Crippen molar-refractivity contribution in [1.29, 1.82) is 0 Å². The predicted molar refractivity (Wildman–Crippen MR) is 70.2 cm³/mol. The number of Topliss-reactive ketones (excluding diaryl/α,β-unsaturated/α-hetero) is 1. The minimum atomic E-state index is -0.385. The molecule has 0 aliphatic carbocycles. The van der Waals surface area contributed by atoms with Gasteiger partial charge in [0.2, 0.25) is 0 Å². The number of ketones is 1. The lowest BCUT2D eigenvalue weighted by atomic mass is 10.1. The molecule has 0 heterocycles. The van der Waals surface area contributed by atoms with Crippen LogP contribution in [-0.2, 0) is 9.53 Å². The van der Waals surface area contributed by atoms with Gasteiger partial charge in [0, 0.05) is 11.6 Å². The largest absolute Gasteiger partial charge is 0.463 e. The average Bonchev–Trinajstić information content (AvgIpc) is 2.36. The number of hydrogen-bond acceptors (Lipinski definition) is 3. The molecule has 0 saturated carbocycles. The van der Waals surface area contributed by atoms with Gasteiger partial charge in [0.25, 0.3) is 0 Å². The molecule has 0 unspecified atom stereocenters. The lowest BCUT2D eigenvalue weighted by Gasteiger charge is -1.99. The number of halogens is 1. The zero-order chi connectivity index (χ0) is 12.7. The Bertz CT molecular complexity index is 438. The molecule has 1 rings (SSSR count). The predicted octanol–water partition coefficient (Wildman–Crippen LogP) is 2.84. The summed E-state index contributed by atoms with van der Waals surface area (Å²) < 4.78 is 4.76. The van der Waals surface area contributed by atoms with Crippen molar-refractivity contribution in [3.05, 3.63) is 41.5 Å². The summed E-state index contributed by atoms with van der Waals surface area (Å²) in [6, 6.07) is 7.08. The summed E-state index contributed by atoms with van der Waals surface area (Å²) in [7, 11) is 0. The number of benzene rings is 1. The standard InChI is InChI=1S/C13H13BrO3/c1-2-17-13(16)7-6-10-4-3-5-11(8-10)12(15)9-14/h3-8H,2,9H2,1H3. The Hall–Kier alpha value is -1.42. The molecule has 0 radical (unpaired) electrons. The molecule has 0 aromatic heterocycles. The molecule has 90 valence electrons. The van der Waals surface area contributed by atoms with E-state index in [9.17, 15) is 9.59 Å². The van der Waals surface area contributed by atoms with Crippen LogP contribution in [0, 0.1) is 0 Å². The highest BCUT2D eigenvalue weighted by atomic mass is 79.9. The number of rotatable bonds is 5. The Balaban J connectivity index is 2.78. The Labute approximate surface area is 109 Å². The first-order valence-corrected chi connectivity index (χ1v) is 6.33. The van der Waals surface area contributed by atoms with Crippen molar-refractivity contribution in [3.63, 3.8) is 0 Å². The quantitative estimate of drug-likeness (QED) is 0.363. The van der Waals surface area contributed by atoms with E-state index in [1.807, 2.05) is 6.07 Å². The Morgan fingerprint density at radius 1 is 1.41 bits per heavy atom. The second-order valence-electron chi connectivity index (χ2n) is 3.27. The number of esters is 1. The highest BCUT2D eigenvalue weighted by Gasteiger charge is 2.03. The number of hydrogen-bond donors (Lipinski definition) is 0. The van der Waals surface area contributed by atoms with E-state index < -0.39 is 0 Å². The zero-order valence-electron chi connectivity index (χ0n) is 9.48. The topological polar surface area (TPSA) is 43.4 Å². The van der Waals surface area contributed by atoms with Gasteiger partial charge in [-0.15, -0.1) is 0 Å². The van der Waals surface area contributed by atoms with Crippen LogP contribution in [0.25, 0.3) is 6.08 Å². The van der Waals surface area contributed by atoms with Crippen LogP contribution in [0.3, 0.4) is 0 Å². The summed E-state index contributed by atoms with van der Waals surface area (Å²) in [6.07, 6.45) is 2.98. The Kier molecular flexibility index (Phi) is 5.63. The highest BCUT2D eigenvalue weighted by Crippen LogP contribution is 2.09. The minimum absolute atomic E-state index is 0.0105. The normalized spacial score (nSPS) is 10.5. The maximum absolute atomic E-state index is 11.4. The van der Waals surface area contributed by atoms with Crippen molar-refractivity contribution in [1.82, 2.24) is 0 Å². The van der Waals surface area contributed by atoms with E-state index >= 15 is 0 Å². The van der Waals surface area contributed by atoms with E-state index in [4.69, 9.17) is 4.74 Å². The molecule has 3 nitrogen and oxygen atoms in total. The second-order valence-corrected chi connectivity index (χ2v) is 3.83. The van der Waals surface area contributed by atoms with E-state index in [1.54, 1.807) is 31.2 Å². The summed E-state index contributed by atoms with van der Waals surface area (Å²) in [5.74, 6) is -0.374. The van der Waals surface area contributed by atoms with Gasteiger partial charge in [-0.2, -0.15) is 0 Å². The molecule has 0 fully saturated rings. The molecule has 4 heteroatoms. The molecule has 1 aromatic carbocycles. The van der Waals surface area contributed by atoms with Crippen molar-refractivity contribution < 1.29 is 14.3 Å². The number of carbonyl (C=O) groups is 2. The lowest BCUT2D eigenvalue weighted by molar-refractivity contribution is -0.137. The van der Waals surface area contributed by atoms with Crippen LogP contribution in [0.1, 0.15) is 22.8 Å². The Morgan fingerprint density at radius 3 is 2.82 bits per heavy atom. The van der Waals surface area contributed by atoms with Crippen LogP contribution in [0.5, 0.6) is 0 Å². The number of ether oxygens (including phenoxy) is 1. The maximum atomic E-state index is 11.4. The van der Waals surface area contributed by atoms with Crippen molar-refractivity contribution in [3.8, 4) is 0 Å². The van der Waals surface area contributed by atoms with Crippen LogP contribution in [0.4, 0.5) is 0 Å². The van der Waals surface area contributed by atoms with Gasteiger partial charge < -0.3 is 4.74 Å². The average molecular weight is 297 g/mol. The molecule has 0 bridgehead atoms. The van der Waals surface area contributed by atoms with Gasteiger partial charge in [-0.1, -0.05) is 34.1 Å². The van der Waals surface area contributed by atoms with Crippen molar-refractivity contribution >= 4 is 33.8 Å². The van der Waals surface area contributed by atoms with E-state index in [-0.39, 0.29) is 17.1 Å². The molecule has 0 N–H and O–H groups in total. The summed E-state index contributed by atoms with van der Waals surface area (Å²) in [6.45, 7) is 2.10. The van der Waals surface area contributed by atoms with Crippen LogP contribution >= 0.6 is 15.9 Å². The third-order valence-corrected chi connectivity index (χ3v) is 2.54. The first kappa shape index (κ1) is 13.6. The van der Waals surface area contributed by atoms with Crippen LogP contribution in [-0.4, -0.2) is 23.7 Å². The molecule has 0 amide bonds. The number of carbonyl (C=O) groups excluding carboxylic acids is 2. The highest BCUT2D eigenvalue weighted by molar-refractivity contribution is 9.09. The van der Waals surface area contributed by atoms with Gasteiger partial charge in [0.15, 0.2) is 5.78 Å². The summed E-state index contributed by atoms with van der Waals surface area (Å²) in [5, 5.41) is 0.290. The monoisotopic (exact) mass is 296 g/mol. The van der Waals surface area contributed by atoms with Gasteiger partial charge in [-0.05, 0) is 24.6 Å². The van der Waals surface area contributed by atoms with Crippen LogP contribution < -0.4 is 0 Å². The van der Waals surface area contributed by atoms with E-state index in [2.05, 4.69) is 15.9 Å². The molecular weight excluding hydrogens is 284 g/mol. The molecule has 0 aliphatic rings. The molecule has 17 heavy (non-hydrogen) atoms. The van der Waals surface area contributed by atoms with Gasteiger partial charge in [-0.3, -0.25) is 4.79 Å². The fourth-order valence-corrected chi connectivity index (χ4v) is 1.57. The smallest absolute Gasteiger partial charge is 0.330 e. The Morgan fingerprint density at radius 2 is 2.18 bits per heavy atom. The van der Waals surface area contributed by atoms with Crippen molar-refractivity contribution in [2.75, 3.05) is 11.9 Å². The summed E-state index contributed by atoms with van der Waals surface area (Å²) >= 11 is 3.12. The van der Waals surface area contributed by atoms with Crippen LogP contribution in [0.15, 0.2) is 30.3 Å². The SMILES string of the molecule is CCOC(=O)C=Cc1cccc(C(=O)CBr)c1. The van der Waals surface area contributed by atoms with Crippen molar-refractivity contribution in [2.45, 2.75) is 6.92 Å². The molecular formula is C13H13BrO3. The molecule has 0 aliphatic heterocycles. The summed E-state index contributed by atoms with van der Waals surface area (Å²) in [4.78, 5) is 22.6. The lowest BCUT2D eigenvalue weighted by Crippen LogP contribution is -2.00. The third-order valence-electron chi connectivity index (χ3n) is 2.03. The fourth-order valence-electron chi connectivity index (χ4n) is 1.25. The molecule has 0 spiro atoms. The number of alkyl halides is 1. The fraction of sp³-hybridized carbons (Fsp3) is 0.231. The third kappa shape index (κ3) is 4.53. The van der Waals surface area contributed by atoms with Crippen molar-refractivity contribution in [2.24, 2.45) is 0 Å². The van der Waals surface area contributed by atoms with Gasteiger partial charge >= 0.3 is 5.97 Å². The maximum Gasteiger partial charge on any atom is 0.330 e. The molecule has 0 saturated heterocycles. The first-order chi connectivity index (χ1) is 8.17. The second kappa shape index (κ2) is 7.01. The van der Waals surface area contributed by atoms with Gasteiger partial charge in [0.1, 0.15) is 0 Å². The first-order valence-electron chi connectivity index (χ1n) is 5.21. The molecule has 0 atom stereocenters. The van der Waals surface area contributed by atoms with E-state index in [0.29, 0.717) is 12.2 Å². The summed E-state index contributed by atoms with van der Waals surface area (Å²) in [5.41, 5.74) is 1.41. The minimum Gasteiger partial charge on any atom is -0.463 e. The molecule has 1 aromatic rings. The van der Waals surface area contributed by atoms with Crippen LogP contribution in [0.2, 0.25) is 0 Å². The van der Waals surface area contributed by atoms with Gasteiger partial charge in [0.05, 0.1) is 11.9 Å². The van der Waals surface area contributed by atoms with E-state index in [1.165, 1.54) is 6.08 Å². The zero-order valence-corrected chi connectivity index (χ0v) is 11.1. The van der Waals surface area contributed by atoms with E-state index in [0.717, 1.165) is 5.56 Å². The van der Waals surface area contributed by atoms with Gasteiger partial charge in [-0.25, -0.2) is 4.79 Å².